The molecule has 0 radical (unpaired) electrons. The van der Waals surface area contributed by atoms with Gasteiger partial charge in [0.25, 0.3) is 0 Å². The maximum Gasteiger partial charge on any atom is 0.345 e. The van der Waals surface area contributed by atoms with Gasteiger partial charge >= 0.3 is 12.4 Å². The molecule has 0 aromatic heterocycles. The van der Waals surface area contributed by atoms with E-state index in [0.29, 0.717) is 16.7 Å². The lowest BCUT2D eigenvalue weighted by molar-refractivity contribution is -0.123. The minimum absolute atomic E-state index is 0.134. The van der Waals surface area contributed by atoms with E-state index in [4.69, 9.17) is 0 Å². The molecular weight excluding hydrogens is 547 g/mol. The zero-order chi connectivity index (χ0) is 31.2. The van der Waals surface area contributed by atoms with Crippen molar-refractivity contribution in [3.05, 3.63) is 134 Å². The molecule has 4 aromatic rings. The predicted molar refractivity (Wildman–Crippen MR) is 166 cm³/mol. The van der Waals surface area contributed by atoms with Gasteiger partial charge in [0.2, 0.25) is 18.2 Å². The number of esters is 1. The van der Waals surface area contributed by atoms with E-state index in [1.54, 1.807) is 55.5 Å². The van der Waals surface area contributed by atoms with Crippen LogP contribution >= 0.6 is 7.14 Å². The Morgan fingerprint density at radius 1 is 0.595 bits per heavy atom. The first-order chi connectivity index (χ1) is 19.8. The fraction of sp³-hybridized carbons (Fsp3) is 0.200. The maximum atomic E-state index is 14.5. The second-order valence-corrected chi connectivity index (χ2v) is 13.0. The van der Waals surface area contributed by atoms with Crippen molar-refractivity contribution < 1.29 is 28.5 Å². The summed E-state index contributed by atoms with van der Waals surface area (Å²) in [7, 11) is -4.11. The Hall–Kier alpha value is -4.41. The molecule has 0 fully saturated rings. The topological polar surface area (TPSA) is 94.6 Å². The van der Waals surface area contributed by atoms with Crippen LogP contribution in [0.4, 0.5) is 0 Å². The highest BCUT2D eigenvalue weighted by Gasteiger charge is 2.44. The molecule has 0 heterocycles. The van der Waals surface area contributed by atoms with Crippen molar-refractivity contribution in [3.8, 4) is 0 Å². The number of hydrogen-bond donors (Lipinski definition) is 0. The molecule has 4 rings (SSSR count). The lowest BCUT2D eigenvalue weighted by atomic mass is 10.0. The molecule has 0 amide bonds. The summed E-state index contributed by atoms with van der Waals surface area (Å²) in [6, 6.07) is 22.9. The molecule has 0 spiro atoms. The molecule has 0 atom stereocenters. The number of ether oxygens (including phenoxy) is 1. The normalized spacial score (nSPS) is 10.7. The molecule has 0 aliphatic carbocycles. The highest BCUT2D eigenvalue weighted by Crippen LogP contribution is 2.52. The van der Waals surface area contributed by atoms with Gasteiger partial charge in [0.05, 0.1) is 5.56 Å². The average molecular weight is 583 g/mol. The van der Waals surface area contributed by atoms with Gasteiger partial charge in [-0.05, 0) is 82.3 Å². The highest BCUT2D eigenvalue weighted by atomic mass is 31.2. The van der Waals surface area contributed by atoms with Crippen LogP contribution in [0.2, 0.25) is 0 Å². The van der Waals surface area contributed by atoms with Crippen LogP contribution in [0, 0.1) is 48.5 Å². The van der Waals surface area contributed by atoms with E-state index in [2.05, 4.69) is 4.74 Å². The van der Waals surface area contributed by atoms with Crippen LogP contribution in [0.5, 0.6) is 0 Å². The number of carbonyl (C=O) groups is 4. The van der Waals surface area contributed by atoms with E-state index in [1.807, 2.05) is 71.9 Å². The molecule has 42 heavy (non-hydrogen) atoms. The molecule has 6 nitrogen and oxygen atoms in total. The predicted octanol–water partition coefficient (Wildman–Crippen LogP) is 7.51. The smallest absolute Gasteiger partial charge is 0.345 e. The van der Waals surface area contributed by atoms with Crippen LogP contribution in [0.1, 0.15) is 70.0 Å². The fourth-order valence-corrected chi connectivity index (χ4v) is 7.80. The van der Waals surface area contributed by atoms with Crippen molar-refractivity contribution in [2.24, 2.45) is 0 Å². The Bertz CT molecular complexity index is 1600. The Morgan fingerprint density at radius 2 is 1.00 bits per heavy atom. The van der Waals surface area contributed by atoms with Gasteiger partial charge in [-0.25, -0.2) is 4.79 Å². The lowest BCUT2D eigenvalue weighted by Gasteiger charge is -2.21. The van der Waals surface area contributed by atoms with Gasteiger partial charge in [-0.15, -0.1) is 0 Å². The molecular formula is C35H35O6P. The second kappa shape index (κ2) is 13.5. The highest BCUT2D eigenvalue weighted by molar-refractivity contribution is 8.01. The molecule has 4 aromatic carbocycles. The first-order valence-electron chi connectivity index (χ1n) is 13.4. The molecule has 216 valence electrons. The summed E-state index contributed by atoms with van der Waals surface area (Å²) in [5.74, 6) is -0.608. The van der Waals surface area contributed by atoms with Gasteiger partial charge < -0.3 is 9.30 Å². The van der Waals surface area contributed by atoms with E-state index in [0.717, 1.165) is 38.9 Å². The number of rotatable bonds is 7. The molecule has 7 heteroatoms. The summed E-state index contributed by atoms with van der Waals surface area (Å²) in [6.07, 6.45) is 0. The van der Waals surface area contributed by atoms with E-state index in [1.165, 1.54) is 0 Å². The number of benzene rings is 4. The van der Waals surface area contributed by atoms with Crippen LogP contribution in [0.3, 0.4) is 0 Å². The Kier molecular flexibility index (Phi) is 10.3. The summed E-state index contributed by atoms with van der Waals surface area (Å²) in [5, 5.41) is 0.277. The third-order valence-electron chi connectivity index (χ3n) is 6.99. The van der Waals surface area contributed by atoms with Crippen molar-refractivity contribution in [1.29, 1.82) is 0 Å². The monoisotopic (exact) mass is 582 g/mol. The molecule has 0 saturated carbocycles. The maximum absolute atomic E-state index is 14.5. The van der Waals surface area contributed by atoms with E-state index in [9.17, 15) is 23.7 Å². The third kappa shape index (κ3) is 6.72. The van der Waals surface area contributed by atoms with Crippen LogP contribution in [0.25, 0.3) is 0 Å². The average Bonchev–Trinajstić information content (AvgIpc) is 2.92. The van der Waals surface area contributed by atoms with Crippen LogP contribution in [-0.2, 0) is 14.1 Å². The largest absolute Gasteiger partial charge is 0.392 e. The van der Waals surface area contributed by atoms with Gasteiger partial charge in [0.1, 0.15) is 0 Å². The van der Waals surface area contributed by atoms with E-state index >= 15 is 0 Å². The SMILES string of the molecule is Cc1cc(C)c(C(=O)P(=O)(C(=O)c2c(C)cc(C)cc2C)c2ccccc2)c(C)c1.Cc1ccccc1C(=O)OC=O. The van der Waals surface area contributed by atoms with Crippen molar-refractivity contribution >= 4 is 35.9 Å². The first-order valence-corrected chi connectivity index (χ1v) is 15.1. The zero-order valence-electron chi connectivity index (χ0n) is 25.0. The van der Waals surface area contributed by atoms with Gasteiger partial charge in [-0.2, -0.15) is 0 Å². The molecule has 0 N–H and O–H groups in total. The summed E-state index contributed by atoms with van der Waals surface area (Å²) in [4.78, 5) is 48.5. The summed E-state index contributed by atoms with van der Waals surface area (Å²) < 4.78 is 18.7. The fourth-order valence-electron chi connectivity index (χ4n) is 5.22. The second-order valence-electron chi connectivity index (χ2n) is 10.4. The number of carbonyl (C=O) groups excluding carboxylic acids is 4. The standard InChI is InChI=1S/C26H27O3P.C9H8O3/c1-16-12-18(3)23(19(4)13-16)25(27)30(29,22-10-8-7-9-11-22)26(28)24-20(5)14-17(2)15-21(24)6;1-7-4-2-3-5-8(7)9(11)12-6-10/h7-15H,1-6H3;2-6H,1H3. The van der Waals surface area contributed by atoms with Crippen LogP contribution < -0.4 is 5.30 Å². The van der Waals surface area contributed by atoms with Gasteiger partial charge in [0, 0.05) is 16.4 Å². The van der Waals surface area contributed by atoms with E-state index in [-0.39, 0.29) is 11.8 Å². The van der Waals surface area contributed by atoms with Gasteiger partial charge in [0.15, 0.2) is 0 Å². The van der Waals surface area contributed by atoms with Crippen molar-refractivity contribution in [2.75, 3.05) is 0 Å². The molecule has 0 saturated heterocycles. The summed E-state index contributed by atoms with van der Waals surface area (Å²) in [5.41, 5.74) is 5.78. The van der Waals surface area contributed by atoms with Gasteiger partial charge in [-0.3, -0.25) is 14.4 Å². The van der Waals surface area contributed by atoms with Crippen molar-refractivity contribution in [2.45, 2.75) is 48.5 Å². The Balaban J connectivity index is 0.000000337. The third-order valence-corrected chi connectivity index (χ3v) is 9.61. The van der Waals surface area contributed by atoms with E-state index < -0.39 is 24.2 Å². The zero-order valence-corrected chi connectivity index (χ0v) is 25.9. The van der Waals surface area contributed by atoms with Crippen molar-refractivity contribution in [3.63, 3.8) is 0 Å². The first kappa shape index (κ1) is 32.1. The molecule has 0 aliphatic rings. The summed E-state index contributed by atoms with van der Waals surface area (Å²) >= 11 is 0. The quantitative estimate of drug-likeness (QED) is 0.0969. The minimum Gasteiger partial charge on any atom is -0.392 e. The number of hydrogen-bond acceptors (Lipinski definition) is 6. The van der Waals surface area contributed by atoms with Gasteiger partial charge in [-0.1, -0.05) is 83.9 Å². The minimum atomic E-state index is -4.11. The number of aryl methyl sites for hydroxylation is 7. The summed E-state index contributed by atoms with van der Waals surface area (Å²) in [6.45, 7) is 13.1. The van der Waals surface area contributed by atoms with Crippen molar-refractivity contribution in [1.82, 2.24) is 0 Å². The molecule has 0 unspecified atom stereocenters. The molecule has 0 aliphatic heterocycles. The Morgan fingerprint density at radius 3 is 1.40 bits per heavy atom. The van der Waals surface area contributed by atoms with Crippen LogP contribution in [-0.4, -0.2) is 23.5 Å². The Labute approximate surface area is 247 Å². The molecule has 0 bridgehead atoms. The lowest BCUT2D eigenvalue weighted by Crippen LogP contribution is -2.23. The van der Waals surface area contributed by atoms with Crippen LogP contribution in [0.15, 0.2) is 78.9 Å².